The summed E-state index contributed by atoms with van der Waals surface area (Å²) in [5, 5.41) is 0.533. The topological polar surface area (TPSA) is 46.6 Å². The molecule has 140 valence electrons. The van der Waals surface area contributed by atoms with Gasteiger partial charge >= 0.3 is 5.97 Å². The normalized spacial score (nSPS) is 17.3. The first-order valence-corrected chi connectivity index (χ1v) is 9.67. The van der Waals surface area contributed by atoms with Gasteiger partial charge in [-0.25, -0.2) is 4.79 Å². The molecule has 2 aromatic rings. The number of rotatable bonds is 4. The van der Waals surface area contributed by atoms with E-state index in [1.807, 2.05) is 42.5 Å². The summed E-state index contributed by atoms with van der Waals surface area (Å²) in [6.45, 7) is 2.18. The summed E-state index contributed by atoms with van der Waals surface area (Å²) in [6, 6.07) is 15.0. The number of nitrogens with zero attached hydrogens (tertiary/aromatic N) is 1. The van der Waals surface area contributed by atoms with Gasteiger partial charge in [-0.05, 0) is 36.2 Å². The second kappa shape index (κ2) is 8.28. The van der Waals surface area contributed by atoms with Crippen molar-refractivity contribution >= 4 is 39.4 Å². The number of allylic oxidation sites excluding steroid dienone is 1. The van der Waals surface area contributed by atoms with Gasteiger partial charge in [-0.2, -0.15) is 0 Å². The number of carbonyl (C=O) groups is 2. The summed E-state index contributed by atoms with van der Waals surface area (Å²) in [5.74, 6) is -0.904. The molecule has 6 heteroatoms. The van der Waals surface area contributed by atoms with Gasteiger partial charge in [-0.15, -0.1) is 0 Å². The van der Waals surface area contributed by atoms with Crippen molar-refractivity contribution in [2.45, 2.75) is 25.8 Å². The van der Waals surface area contributed by atoms with E-state index in [1.54, 1.807) is 17.9 Å². The van der Waals surface area contributed by atoms with Gasteiger partial charge < -0.3 is 9.64 Å². The number of ether oxygens (including phenoxy) is 1. The third kappa shape index (κ3) is 4.09. The van der Waals surface area contributed by atoms with E-state index in [9.17, 15) is 9.59 Å². The van der Waals surface area contributed by atoms with Gasteiger partial charge in [0.15, 0.2) is 0 Å². The molecule has 0 spiro atoms. The van der Waals surface area contributed by atoms with Crippen LogP contribution in [0.1, 0.15) is 30.4 Å². The average molecular weight is 449 g/mol. The molecule has 2 aromatic carbocycles. The lowest BCUT2D eigenvalue weighted by Crippen LogP contribution is -2.38. The van der Waals surface area contributed by atoms with Gasteiger partial charge in [0.1, 0.15) is 0 Å². The number of amides is 1. The summed E-state index contributed by atoms with van der Waals surface area (Å²) < 4.78 is 5.99. The van der Waals surface area contributed by atoms with Crippen LogP contribution in [0.2, 0.25) is 5.02 Å². The van der Waals surface area contributed by atoms with E-state index in [0.29, 0.717) is 22.8 Å². The van der Waals surface area contributed by atoms with Crippen LogP contribution in [-0.4, -0.2) is 23.9 Å². The van der Waals surface area contributed by atoms with Crippen LogP contribution in [0.3, 0.4) is 0 Å². The molecular formula is C21H19BrClNO3. The maximum atomic E-state index is 12.9. The van der Waals surface area contributed by atoms with Crippen molar-refractivity contribution in [2.24, 2.45) is 0 Å². The van der Waals surface area contributed by atoms with Crippen LogP contribution in [-0.2, 0) is 20.9 Å². The van der Waals surface area contributed by atoms with Crippen molar-refractivity contribution in [3.63, 3.8) is 0 Å². The van der Waals surface area contributed by atoms with E-state index in [1.165, 1.54) is 7.11 Å². The first kappa shape index (κ1) is 19.6. The second-order valence-corrected chi connectivity index (χ2v) is 7.70. The van der Waals surface area contributed by atoms with E-state index >= 15 is 0 Å². The van der Waals surface area contributed by atoms with Crippen molar-refractivity contribution in [2.75, 3.05) is 7.11 Å². The van der Waals surface area contributed by atoms with Gasteiger partial charge in [-0.1, -0.05) is 57.9 Å². The Morgan fingerprint density at radius 2 is 1.89 bits per heavy atom. The van der Waals surface area contributed by atoms with E-state index in [4.69, 9.17) is 16.3 Å². The number of esters is 1. The number of hydrogen-bond donors (Lipinski definition) is 0. The number of hydrogen-bond acceptors (Lipinski definition) is 3. The van der Waals surface area contributed by atoms with E-state index < -0.39 is 11.9 Å². The fraction of sp³-hybridized carbons (Fsp3) is 0.238. The zero-order chi connectivity index (χ0) is 19.6. The van der Waals surface area contributed by atoms with Crippen molar-refractivity contribution in [3.8, 4) is 0 Å². The zero-order valence-corrected chi connectivity index (χ0v) is 17.4. The molecule has 3 rings (SSSR count). The number of carbonyl (C=O) groups excluding carboxylic acids is 2. The molecule has 0 bridgehead atoms. The molecule has 1 aliphatic heterocycles. The highest BCUT2D eigenvalue weighted by molar-refractivity contribution is 9.10. The molecule has 0 N–H and O–H groups in total. The van der Waals surface area contributed by atoms with Crippen LogP contribution >= 0.6 is 27.5 Å². The third-order valence-electron chi connectivity index (χ3n) is 4.76. The number of methoxy groups -OCH3 is 1. The molecule has 1 heterocycles. The summed E-state index contributed by atoms with van der Waals surface area (Å²) in [4.78, 5) is 27.1. The van der Waals surface area contributed by atoms with Crippen molar-refractivity contribution in [1.82, 2.24) is 4.90 Å². The first-order valence-electron chi connectivity index (χ1n) is 8.50. The quantitative estimate of drug-likeness (QED) is 0.614. The zero-order valence-electron chi connectivity index (χ0n) is 15.0. The van der Waals surface area contributed by atoms with Crippen LogP contribution in [0, 0.1) is 0 Å². The van der Waals surface area contributed by atoms with Gasteiger partial charge in [-0.3, -0.25) is 4.79 Å². The maximum Gasteiger partial charge on any atom is 0.336 e. The number of benzene rings is 2. The average Bonchev–Trinajstić information content (AvgIpc) is 2.66. The minimum absolute atomic E-state index is 0.0482. The Labute approximate surface area is 171 Å². The molecule has 27 heavy (non-hydrogen) atoms. The smallest absolute Gasteiger partial charge is 0.336 e. The Morgan fingerprint density at radius 3 is 2.52 bits per heavy atom. The molecule has 0 aromatic heterocycles. The lowest BCUT2D eigenvalue weighted by molar-refractivity contribution is -0.138. The highest BCUT2D eigenvalue weighted by Crippen LogP contribution is 2.40. The van der Waals surface area contributed by atoms with Gasteiger partial charge in [0.2, 0.25) is 5.91 Å². The van der Waals surface area contributed by atoms with Crippen LogP contribution in [0.15, 0.2) is 64.3 Å². The lowest BCUT2D eigenvalue weighted by Gasteiger charge is -2.34. The molecular weight excluding hydrogens is 430 g/mol. The molecule has 0 radical (unpaired) electrons. The molecule has 4 nitrogen and oxygen atoms in total. The molecule has 0 fully saturated rings. The minimum atomic E-state index is -0.439. The predicted molar refractivity (Wildman–Crippen MR) is 108 cm³/mol. The van der Waals surface area contributed by atoms with Crippen LogP contribution in [0.25, 0.3) is 0 Å². The van der Waals surface area contributed by atoms with Crippen LogP contribution in [0.5, 0.6) is 0 Å². The molecule has 0 aliphatic carbocycles. The lowest BCUT2D eigenvalue weighted by atomic mass is 9.83. The molecule has 0 saturated heterocycles. The van der Waals surface area contributed by atoms with Crippen LogP contribution in [0.4, 0.5) is 0 Å². The number of halogens is 2. The predicted octanol–water partition coefficient (Wildman–Crippen LogP) is 5.07. The molecule has 0 unspecified atom stereocenters. The molecule has 1 atom stereocenters. The van der Waals surface area contributed by atoms with Gasteiger partial charge in [0, 0.05) is 27.5 Å². The highest BCUT2D eigenvalue weighted by atomic mass is 79.9. The monoisotopic (exact) mass is 447 g/mol. The van der Waals surface area contributed by atoms with Crippen molar-refractivity contribution in [1.29, 1.82) is 0 Å². The Hall–Kier alpha value is -2.11. The highest BCUT2D eigenvalue weighted by Gasteiger charge is 2.37. The fourth-order valence-corrected chi connectivity index (χ4v) is 3.91. The second-order valence-electron chi connectivity index (χ2n) is 6.38. The van der Waals surface area contributed by atoms with Crippen molar-refractivity contribution in [3.05, 3.63) is 80.4 Å². The third-order valence-corrected chi connectivity index (χ3v) is 5.64. The Morgan fingerprint density at radius 1 is 1.22 bits per heavy atom. The summed E-state index contributed by atoms with van der Waals surface area (Å²) in [7, 11) is 1.35. The molecule has 0 saturated carbocycles. The summed E-state index contributed by atoms with van der Waals surface area (Å²) >= 11 is 9.75. The van der Waals surface area contributed by atoms with Gasteiger partial charge in [0.05, 0.1) is 19.2 Å². The van der Waals surface area contributed by atoms with Gasteiger partial charge in [0.25, 0.3) is 0 Å². The standard InChI is InChI=1S/C21H19BrClNO3/c1-13-20(21(26)27-2)17(16-5-3-4-6-18(16)23)11-19(25)24(13)12-14-7-9-15(22)10-8-14/h3-10,17H,11-12H2,1-2H3/t17-/m1/s1. The maximum absolute atomic E-state index is 12.9. The molecule has 1 amide bonds. The van der Waals surface area contributed by atoms with E-state index in [2.05, 4.69) is 15.9 Å². The molecule has 1 aliphatic rings. The Kier molecular flexibility index (Phi) is 6.02. The first-order chi connectivity index (χ1) is 12.9. The van der Waals surface area contributed by atoms with E-state index in [-0.39, 0.29) is 12.3 Å². The van der Waals surface area contributed by atoms with Crippen molar-refractivity contribution < 1.29 is 14.3 Å². The summed E-state index contributed by atoms with van der Waals surface area (Å²) in [5.41, 5.74) is 2.81. The largest absolute Gasteiger partial charge is 0.466 e. The Bertz CT molecular complexity index is 908. The summed E-state index contributed by atoms with van der Waals surface area (Å²) in [6.07, 6.45) is 0.169. The van der Waals surface area contributed by atoms with E-state index in [0.717, 1.165) is 15.6 Å². The Balaban J connectivity index is 2.03. The minimum Gasteiger partial charge on any atom is -0.466 e. The fourth-order valence-electron chi connectivity index (χ4n) is 3.37. The van der Waals surface area contributed by atoms with Crippen LogP contribution < -0.4 is 0 Å². The SMILES string of the molecule is COC(=O)C1=C(C)N(Cc2ccc(Br)cc2)C(=O)C[C@@H]1c1ccccc1Cl.